The van der Waals surface area contributed by atoms with E-state index in [0.29, 0.717) is 24.1 Å². The predicted octanol–water partition coefficient (Wildman–Crippen LogP) is 4.40. The topological polar surface area (TPSA) is 56.5 Å². The van der Waals surface area contributed by atoms with Crippen molar-refractivity contribution in [3.8, 4) is 0 Å². The summed E-state index contributed by atoms with van der Waals surface area (Å²) in [5, 5.41) is 4.43. The molecule has 2 aromatic heterocycles. The Morgan fingerprint density at radius 2 is 2.08 bits per heavy atom. The first-order chi connectivity index (χ1) is 12.0. The van der Waals surface area contributed by atoms with Gasteiger partial charge in [0.1, 0.15) is 0 Å². The summed E-state index contributed by atoms with van der Waals surface area (Å²) in [5.74, 6) is 1.39. The molecule has 2 heterocycles. The van der Waals surface area contributed by atoms with E-state index in [4.69, 9.17) is 9.72 Å². The van der Waals surface area contributed by atoms with Crippen LogP contribution in [-0.2, 0) is 11.2 Å². The van der Waals surface area contributed by atoms with E-state index in [1.165, 1.54) is 25.7 Å². The summed E-state index contributed by atoms with van der Waals surface area (Å²) in [7, 11) is 0. The van der Waals surface area contributed by atoms with E-state index in [0.717, 1.165) is 29.4 Å². The van der Waals surface area contributed by atoms with Gasteiger partial charge in [-0.05, 0) is 43.6 Å². The van der Waals surface area contributed by atoms with Crippen LogP contribution in [0.3, 0.4) is 0 Å². The predicted molar refractivity (Wildman–Crippen MR) is 97.9 cm³/mol. The van der Waals surface area contributed by atoms with Gasteiger partial charge in [0, 0.05) is 17.5 Å². The lowest BCUT2D eigenvalue weighted by Gasteiger charge is -2.28. The van der Waals surface area contributed by atoms with E-state index in [2.05, 4.69) is 31.9 Å². The molecular formula is C20H29N3O2. The Bertz CT molecular complexity index is 751. The maximum atomic E-state index is 12.0. The van der Waals surface area contributed by atoms with Crippen molar-refractivity contribution < 1.29 is 9.53 Å². The Labute approximate surface area is 149 Å². The zero-order valence-electron chi connectivity index (χ0n) is 15.8. The molecule has 0 spiro atoms. The van der Waals surface area contributed by atoms with E-state index in [1.54, 1.807) is 17.5 Å². The van der Waals surface area contributed by atoms with Crippen molar-refractivity contribution >= 4 is 11.6 Å². The van der Waals surface area contributed by atoms with E-state index >= 15 is 0 Å². The molecule has 1 fully saturated rings. The highest BCUT2D eigenvalue weighted by Gasteiger charge is 2.23. The van der Waals surface area contributed by atoms with Crippen LogP contribution in [0.5, 0.6) is 0 Å². The molecule has 2 aromatic rings. The van der Waals surface area contributed by atoms with Gasteiger partial charge in [-0.1, -0.05) is 40.0 Å². The summed E-state index contributed by atoms with van der Waals surface area (Å²) in [4.78, 5) is 16.8. The lowest BCUT2D eigenvalue weighted by atomic mass is 9.78. The molecule has 0 aliphatic heterocycles. The van der Waals surface area contributed by atoms with Crippen LogP contribution in [0.2, 0.25) is 0 Å². The second-order valence-electron chi connectivity index (χ2n) is 7.57. The standard InChI is InChI=1S/C20H29N3O2/c1-5-25-20(24)17-12-19-21-16(10-15-9-7-6-8-14(15)4)11-18(13(2)3)23(19)22-17/h11-15H,5-10H2,1-4H3. The number of aromatic nitrogens is 3. The van der Waals surface area contributed by atoms with Crippen LogP contribution in [0.1, 0.15) is 81.2 Å². The molecule has 2 atom stereocenters. The lowest BCUT2D eigenvalue weighted by molar-refractivity contribution is 0.0519. The molecule has 5 heteroatoms. The molecule has 1 aliphatic rings. The summed E-state index contributed by atoms with van der Waals surface area (Å²) in [6, 6.07) is 3.92. The van der Waals surface area contributed by atoms with Crippen LogP contribution in [0.25, 0.3) is 5.65 Å². The summed E-state index contributed by atoms with van der Waals surface area (Å²) in [6.45, 7) is 8.81. The summed E-state index contributed by atoms with van der Waals surface area (Å²) >= 11 is 0. The molecule has 0 N–H and O–H groups in total. The van der Waals surface area contributed by atoms with Gasteiger partial charge < -0.3 is 4.74 Å². The molecule has 1 aliphatic carbocycles. The molecule has 0 bridgehead atoms. The van der Waals surface area contributed by atoms with Crippen molar-refractivity contribution in [2.75, 3.05) is 6.61 Å². The molecule has 2 unspecified atom stereocenters. The largest absolute Gasteiger partial charge is 0.461 e. The lowest BCUT2D eigenvalue weighted by Crippen LogP contribution is -2.20. The molecule has 0 amide bonds. The van der Waals surface area contributed by atoms with Crippen molar-refractivity contribution in [2.45, 2.75) is 65.7 Å². The highest BCUT2D eigenvalue weighted by Crippen LogP contribution is 2.32. The molecule has 25 heavy (non-hydrogen) atoms. The first kappa shape index (κ1) is 17.9. The number of nitrogens with zero attached hydrogens (tertiary/aromatic N) is 3. The first-order valence-electron chi connectivity index (χ1n) is 9.56. The van der Waals surface area contributed by atoms with Gasteiger partial charge in [0.05, 0.1) is 6.61 Å². The van der Waals surface area contributed by atoms with Gasteiger partial charge in [0.15, 0.2) is 11.3 Å². The fourth-order valence-corrected chi connectivity index (χ4v) is 3.84. The highest BCUT2D eigenvalue weighted by molar-refractivity contribution is 5.88. The smallest absolute Gasteiger partial charge is 0.358 e. The van der Waals surface area contributed by atoms with E-state index in [-0.39, 0.29) is 5.97 Å². The minimum Gasteiger partial charge on any atom is -0.461 e. The number of fused-ring (bicyclic) bond motifs is 1. The van der Waals surface area contributed by atoms with Crippen LogP contribution in [0, 0.1) is 11.8 Å². The van der Waals surface area contributed by atoms with E-state index in [9.17, 15) is 4.79 Å². The van der Waals surface area contributed by atoms with Crippen molar-refractivity contribution in [3.63, 3.8) is 0 Å². The van der Waals surface area contributed by atoms with Gasteiger partial charge in [-0.3, -0.25) is 0 Å². The number of hydrogen-bond donors (Lipinski definition) is 0. The van der Waals surface area contributed by atoms with Gasteiger partial charge in [-0.15, -0.1) is 0 Å². The maximum Gasteiger partial charge on any atom is 0.358 e. The van der Waals surface area contributed by atoms with Gasteiger partial charge in [-0.2, -0.15) is 5.10 Å². The molecule has 5 nitrogen and oxygen atoms in total. The number of carbonyl (C=O) groups excluding carboxylic acids is 1. The molecule has 136 valence electrons. The van der Waals surface area contributed by atoms with E-state index < -0.39 is 0 Å². The zero-order valence-corrected chi connectivity index (χ0v) is 15.8. The summed E-state index contributed by atoms with van der Waals surface area (Å²) in [6.07, 6.45) is 6.31. The van der Waals surface area contributed by atoms with Crippen molar-refractivity contribution in [3.05, 3.63) is 29.2 Å². The van der Waals surface area contributed by atoms with Crippen LogP contribution >= 0.6 is 0 Å². The fraction of sp³-hybridized carbons (Fsp3) is 0.650. The van der Waals surface area contributed by atoms with Crippen LogP contribution in [-0.4, -0.2) is 27.2 Å². The van der Waals surface area contributed by atoms with Gasteiger partial charge in [0.25, 0.3) is 0 Å². The Hall–Kier alpha value is -1.91. The second-order valence-corrected chi connectivity index (χ2v) is 7.57. The number of carbonyl (C=O) groups is 1. The second kappa shape index (κ2) is 7.54. The van der Waals surface area contributed by atoms with E-state index in [1.807, 2.05) is 0 Å². The Morgan fingerprint density at radius 3 is 2.76 bits per heavy atom. The normalized spacial score (nSPS) is 21.0. The van der Waals surface area contributed by atoms with Gasteiger partial charge in [0.2, 0.25) is 0 Å². The summed E-state index contributed by atoms with van der Waals surface area (Å²) < 4.78 is 6.88. The number of esters is 1. The van der Waals surface area contributed by atoms with Gasteiger partial charge in [-0.25, -0.2) is 14.3 Å². The van der Waals surface area contributed by atoms with Crippen molar-refractivity contribution in [2.24, 2.45) is 11.8 Å². The Balaban J connectivity index is 1.95. The Kier molecular flexibility index (Phi) is 5.40. The third-order valence-electron chi connectivity index (χ3n) is 5.34. The molecule has 3 rings (SSSR count). The van der Waals surface area contributed by atoms with Crippen LogP contribution < -0.4 is 0 Å². The fourth-order valence-electron chi connectivity index (χ4n) is 3.84. The summed E-state index contributed by atoms with van der Waals surface area (Å²) in [5.41, 5.74) is 3.29. The Morgan fingerprint density at radius 1 is 1.32 bits per heavy atom. The monoisotopic (exact) mass is 343 g/mol. The number of ether oxygens (including phenoxy) is 1. The van der Waals surface area contributed by atoms with Crippen molar-refractivity contribution in [1.82, 2.24) is 14.6 Å². The number of rotatable bonds is 5. The first-order valence-corrected chi connectivity index (χ1v) is 9.56. The molecular weight excluding hydrogens is 314 g/mol. The maximum absolute atomic E-state index is 12.0. The molecule has 1 saturated carbocycles. The van der Waals surface area contributed by atoms with Crippen LogP contribution in [0.15, 0.2) is 12.1 Å². The van der Waals surface area contributed by atoms with Crippen molar-refractivity contribution in [1.29, 1.82) is 0 Å². The average molecular weight is 343 g/mol. The average Bonchev–Trinajstić information content (AvgIpc) is 3.00. The quantitative estimate of drug-likeness (QED) is 0.755. The zero-order chi connectivity index (χ0) is 18.0. The SMILES string of the molecule is CCOC(=O)c1cc2nc(CC3CCCCC3C)cc(C(C)C)n2n1. The third kappa shape index (κ3) is 3.86. The highest BCUT2D eigenvalue weighted by atomic mass is 16.5. The molecule has 0 radical (unpaired) electrons. The molecule has 0 aromatic carbocycles. The molecule has 0 saturated heterocycles. The number of hydrogen-bond acceptors (Lipinski definition) is 4. The third-order valence-corrected chi connectivity index (χ3v) is 5.34. The minimum absolute atomic E-state index is 0.308. The van der Waals surface area contributed by atoms with Gasteiger partial charge >= 0.3 is 5.97 Å². The van der Waals surface area contributed by atoms with Crippen LogP contribution in [0.4, 0.5) is 0 Å². The minimum atomic E-state index is -0.384.